The highest BCUT2D eigenvalue weighted by molar-refractivity contribution is 5.96. The Labute approximate surface area is 236 Å². The van der Waals surface area contributed by atoms with E-state index >= 15 is 0 Å². The molecule has 2 N–H and O–H groups in total. The van der Waals surface area contributed by atoms with Crippen molar-refractivity contribution in [2.45, 2.75) is 32.4 Å². The second kappa shape index (κ2) is 12.9. The summed E-state index contributed by atoms with van der Waals surface area (Å²) >= 11 is 0. The number of alkyl halides is 4. The zero-order valence-corrected chi connectivity index (χ0v) is 22.7. The molecule has 0 aliphatic carbocycles. The van der Waals surface area contributed by atoms with E-state index in [1.807, 2.05) is 18.2 Å². The fourth-order valence-electron chi connectivity index (χ4n) is 5.37. The molecular weight excluding hydrogens is 536 g/mol. The third kappa shape index (κ3) is 7.58. The van der Waals surface area contributed by atoms with E-state index < -0.39 is 13.2 Å². The molecule has 4 aromatic rings. The van der Waals surface area contributed by atoms with Gasteiger partial charge in [0.15, 0.2) is 0 Å². The number of rotatable bonds is 11. The summed E-state index contributed by atoms with van der Waals surface area (Å²) in [5, 5.41) is 1.05. The van der Waals surface area contributed by atoms with Crippen LogP contribution < -0.4 is 15.2 Å². The fourth-order valence-corrected chi connectivity index (χ4v) is 5.37. The Balaban J connectivity index is 1.28. The standard InChI is InChI=1S/C31H34F4N4O2/c32-22-40-27-4-1-3-23(17-27)19-37-13-15-38(16-14-37)20-24-5-10-30-28(18-24)29(21-39(30)12-2-11-36)25-6-8-26(9-7-25)41-31(33,34)35/h1,3-10,17-18,21H,2,11-16,19-20,22,36H2. The first-order valence-electron chi connectivity index (χ1n) is 13.7. The number of hydrogen-bond acceptors (Lipinski definition) is 5. The van der Waals surface area contributed by atoms with E-state index in [0.717, 1.165) is 79.8 Å². The van der Waals surface area contributed by atoms with Gasteiger partial charge in [-0.05, 0) is 66.1 Å². The van der Waals surface area contributed by atoms with Crippen molar-refractivity contribution in [3.05, 3.63) is 84.1 Å². The first-order valence-corrected chi connectivity index (χ1v) is 13.7. The summed E-state index contributed by atoms with van der Waals surface area (Å²) in [6.45, 7) is 5.76. The largest absolute Gasteiger partial charge is 0.573 e. The Kier molecular flexibility index (Phi) is 9.12. The molecular formula is C31H34F4N4O2. The van der Waals surface area contributed by atoms with Gasteiger partial charge in [-0.3, -0.25) is 9.80 Å². The number of hydrogen-bond donors (Lipinski definition) is 1. The predicted octanol–water partition coefficient (Wildman–Crippen LogP) is 6.18. The smallest absolute Gasteiger partial charge is 0.463 e. The minimum atomic E-state index is -4.73. The maximum atomic E-state index is 12.6. The Hall–Kier alpha value is -3.60. The van der Waals surface area contributed by atoms with Gasteiger partial charge in [-0.2, -0.15) is 0 Å². The summed E-state index contributed by atoms with van der Waals surface area (Å²) in [4.78, 5) is 4.81. The second-order valence-electron chi connectivity index (χ2n) is 10.3. The molecule has 0 spiro atoms. The van der Waals surface area contributed by atoms with E-state index in [2.05, 4.69) is 43.5 Å². The van der Waals surface area contributed by atoms with Gasteiger partial charge in [0.2, 0.25) is 6.86 Å². The molecule has 0 unspecified atom stereocenters. The molecule has 5 rings (SSSR count). The van der Waals surface area contributed by atoms with Crippen LogP contribution in [0.4, 0.5) is 17.6 Å². The molecule has 0 bridgehead atoms. The van der Waals surface area contributed by atoms with Crippen LogP contribution in [0.2, 0.25) is 0 Å². The molecule has 41 heavy (non-hydrogen) atoms. The summed E-state index contributed by atoms with van der Waals surface area (Å²) < 4.78 is 61.6. The van der Waals surface area contributed by atoms with E-state index in [4.69, 9.17) is 10.5 Å². The van der Waals surface area contributed by atoms with Crippen LogP contribution in [0, 0.1) is 0 Å². The number of aryl methyl sites for hydroxylation is 1. The lowest BCUT2D eigenvalue weighted by molar-refractivity contribution is -0.274. The lowest BCUT2D eigenvalue weighted by Gasteiger charge is -2.34. The molecule has 2 heterocycles. The van der Waals surface area contributed by atoms with Gasteiger partial charge in [0.05, 0.1) is 0 Å². The predicted molar refractivity (Wildman–Crippen MR) is 151 cm³/mol. The molecule has 0 saturated carbocycles. The number of nitrogens with zero attached hydrogens (tertiary/aromatic N) is 3. The van der Waals surface area contributed by atoms with Crippen molar-refractivity contribution in [2.75, 3.05) is 39.6 Å². The summed E-state index contributed by atoms with van der Waals surface area (Å²) in [5.74, 6) is 0.301. The lowest BCUT2D eigenvalue weighted by Crippen LogP contribution is -2.45. The van der Waals surface area contributed by atoms with Crippen LogP contribution in [0.5, 0.6) is 11.5 Å². The van der Waals surface area contributed by atoms with Crippen LogP contribution in [0.1, 0.15) is 17.5 Å². The van der Waals surface area contributed by atoms with E-state index in [-0.39, 0.29) is 5.75 Å². The third-order valence-corrected chi connectivity index (χ3v) is 7.34. The number of fused-ring (bicyclic) bond motifs is 1. The highest BCUT2D eigenvalue weighted by atomic mass is 19.4. The van der Waals surface area contributed by atoms with Gasteiger partial charge < -0.3 is 19.8 Å². The van der Waals surface area contributed by atoms with Gasteiger partial charge in [0.1, 0.15) is 11.5 Å². The maximum Gasteiger partial charge on any atom is 0.573 e. The van der Waals surface area contributed by atoms with Crippen molar-refractivity contribution < 1.29 is 27.0 Å². The number of ether oxygens (including phenoxy) is 2. The topological polar surface area (TPSA) is 55.9 Å². The van der Waals surface area contributed by atoms with E-state index in [1.165, 1.54) is 17.7 Å². The number of nitrogens with two attached hydrogens (primary N) is 1. The molecule has 1 saturated heterocycles. The molecule has 3 aromatic carbocycles. The van der Waals surface area contributed by atoms with Crippen molar-refractivity contribution in [2.24, 2.45) is 5.73 Å². The average molecular weight is 571 g/mol. The van der Waals surface area contributed by atoms with Crippen molar-refractivity contribution in [1.29, 1.82) is 0 Å². The maximum absolute atomic E-state index is 12.6. The highest BCUT2D eigenvalue weighted by Gasteiger charge is 2.31. The minimum absolute atomic E-state index is 0.242. The Morgan fingerprint density at radius 2 is 1.49 bits per heavy atom. The van der Waals surface area contributed by atoms with E-state index in [0.29, 0.717) is 12.3 Å². The molecule has 1 fully saturated rings. The van der Waals surface area contributed by atoms with Crippen molar-refractivity contribution >= 4 is 10.9 Å². The van der Waals surface area contributed by atoms with Crippen LogP contribution in [0.25, 0.3) is 22.0 Å². The molecule has 0 radical (unpaired) electrons. The van der Waals surface area contributed by atoms with E-state index in [9.17, 15) is 17.6 Å². The number of piperazine rings is 1. The Morgan fingerprint density at radius 1 is 0.805 bits per heavy atom. The van der Waals surface area contributed by atoms with Crippen LogP contribution in [-0.2, 0) is 19.6 Å². The van der Waals surface area contributed by atoms with Crippen LogP contribution >= 0.6 is 0 Å². The SMILES string of the molecule is NCCCn1cc(-c2ccc(OC(F)(F)F)cc2)c2cc(CN3CCN(Cc4cccc(OCF)c4)CC3)ccc21. The van der Waals surface area contributed by atoms with Gasteiger partial charge in [0.25, 0.3) is 0 Å². The second-order valence-corrected chi connectivity index (χ2v) is 10.3. The van der Waals surface area contributed by atoms with Crippen LogP contribution in [-0.4, -0.2) is 60.3 Å². The van der Waals surface area contributed by atoms with Gasteiger partial charge in [-0.15, -0.1) is 13.2 Å². The monoisotopic (exact) mass is 570 g/mol. The number of aromatic nitrogens is 1. The highest BCUT2D eigenvalue weighted by Crippen LogP contribution is 2.34. The summed E-state index contributed by atoms with van der Waals surface area (Å²) in [6, 6.07) is 20.0. The quantitative estimate of drug-likeness (QED) is 0.218. The minimum Gasteiger partial charge on any atom is -0.463 e. The number of halogens is 4. The Morgan fingerprint density at radius 3 is 2.12 bits per heavy atom. The molecule has 6 nitrogen and oxygen atoms in total. The zero-order chi connectivity index (χ0) is 28.8. The molecule has 0 atom stereocenters. The van der Waals surface area contributed by atoms with Gasteiger partial charge in [0, 0.05) is 68.5 Å². The Bertz CT molecular complexity index is 1430. The van der Waals surface area contributed by atoms with Crippen molar-refractivity contribution in [3.63, 3.8) is 0 Å². The number of benzene rings is 3. The molecule has 10 heteroatoms. The molecule has 1 aromatic heterocycles. The van der Waals surface area contributed by atoms with Crippen molar-refractivity contribution in [3.8, 4) is 22.6 Å². The summed E-state index contributed by atoms with van der Waals surface area (Å²) in [5.41, 5.74) is 10.9. The fraction of sp³-hybridized carbons (Fsp3) is 0.355. The van der Waals surface area contributed by atoms with Gasteiger partial charge >= 0.3 is 6.36 Å². The van der Waals surface area contributed by atoms with Gasteiger partial charge in [-0.25, -0.2) is 4.39 Å². The first-order chi connectivity index (χ1) is 19.8. The van der Waals surface area contributed by atoms with Gasteiger partial charge in [-0.1, -0.05) is 30.3 Å². The van der Waals surface area contributed by atoms with Crippen LogP contribution in [0.15, 0.2) is 72.9 Å². The molecule has 1 aliphatic heterocycles. The molecule has 0 amide bonds. The first kappa shape index (κ1) is 28.9. The third-order valence-electron chi connectivity index (χ3n) is 7.34. The van der Waals surface area contributed by atoms with Crippen molar-refractivity contribution in [1.82, 2.24) is 14.4 Å². The zero-order valence-electron chi connectivity index (χ0n) is 22.7. The van der Waals surface area contributed by atoms with Crippen LogP contribution in [0.3, 0.4) is 0 Å². The normalized spacial score (nSPS) is 15.0. The average Bonchev–Trinajstić information content (AvgIpc) is 3.31. The molecule has 1 aliphatic rings. The summed E-state index contributed by atoms with van der Waals surface area (Å²) in [7, 11) is 0. The van der Waals surface area contributed by atoms with E-state index in [1.54, 1.807) is 18.2 Å². The molecule has 218 valence electrons. The summed E-state index contributed by atoms with van der Waals surface area (Å²) in [6.07, 6.45) is -1.85. The lowest BCUT2D eigenvalue weighted by atomic mass is 10.0.